The van der Waals surface area contributed by atoms with Gasteiger partial charge in [0, 0.05) is 43.0 Å². The number of fused-ring (bicyclic) bond motifs is 8. The smallest absolute Gasteiger partial charge is 0.170 e. The summed E-state index contributed by atoms with van der Waals surface area (Å²) in [6.45, 7) is 3.71. The maximum atomic E-state index is 12.7. The number of ketones is 2. The lowest BCUT2D eigenvalue weighted by Crippen LogP contribution is -2.09. The predicted octanol–water partition coefficient (Wildman–Crippen LogP) is 8.07. The molecule has 1 aliphatic carbocycles. The molecule has 2 unspecified atom stereocenters. The summed E-state index contributed by atoms with van der Waals surface area (Å²) in [5.41, 5.74) is 2.87. The number of rotatable bonds is 1. The molecule has 8 rings (SSSR count). The van der Waals surface area contributed by atoms with Gasteiger partial charge in [-0.2, -0.15) is 0 Å². The van der Waals surface area contributed by atoms with E-state index in [9.17, 15) is 9.59 Å². The molecule has 0 spiro atoms. The van der Waals surface area contributed by atoms with Crippen LogP contribution in [-0.2, 0) is 9.59 Å². The van der Waals surface area contributed by atoms with Gasteiger partial charge in [0.05, 0.1) is 21.3 Å². The minimum Gasteiger partial charge on any atom is -0.299 e. The summed E-state index contributed by atoms with van der Waals surface area (Å²) in [6.07, 6.45) is 1.83. The molecule has 1 fully saturated rings. The third-order valence-electron chi connectivity index (χ3n) is 7.91. The predicted molar refractivity (Wildman–Crippen MR) is 148 cm³/mol. The van der Waals surface area contributed by atoms with Crippen LogP contribution in [0, 0.1) is 11.8 Å². The van der Waals surface area contributed by atoms with Gasteiger partial charge in [-0.1, -0.05) is 62.4 Å². The number of allylic oxidation sites excluding steroid dienone is 1. The first kappa shape index (κ1) is 19.7. The van der Waals surface area contributed by atoms with Crippen molar-refractivity contribution in [2.45, 2.75) is 13.8 Å². The molecule has 0 bridgehead atoms. The van der Waals surface area contributed by atoms with Crippen molar-refractivity contribution in [1.29, 1.82) is 0 Å². The maximum absolute atomic E-state index is 12.7. The Hall–Kier alpha value is -3.54. The number of thiophene rings is 2. The van der Waals surface area contributed by atoms with Gasteiger partial charge in [0.15, 0.2) is 11.6 Å². The van der Waals surface area contributed by atoms with Gasteiger partial charge in [0.25, 0.3) is 0 Å². The van der Waals surface area contributed by atoms with Gasteiger partial charge in [-0.15, -0.1) is 22.7 Å². The lowest BCUT2D eigenvalue weighted by Gasteiger charge is -2.10. The molecule has 35 heavy (non-hydrogen) atoms. The molecule has 4 heterocycles. The highest BCUT2D eigenvalue weighted by atomic mass is 32.1. The molecule has 4 aromatic heterocycles. The van der Waals surface area contributed by atoms with Crippen LogP contribution in [0.5, 0.6) is 0 Å². The van der Waals surface area contributed by atoms with E-state index in [2.05, 4.69) is 65.1 Å². The number of aromatic nitrogens is 1. The molecule has 3 nitrogen and oxygen atoms in total. The molecule has 0 saturated heterocycles. The van der Waals surface area contributed by atoms with Crippen molar-refractivity contribution in [3.05, 3.63) is 71.1 Å². The molecular formula is C30H19NO2S2. The number of nitrogens with zero attached hydrogens (tertiary/aromatic N) is 1. The van der Waals surface area contributed by atoms with Crippen LogP contribution in [0.4, 0.5) is 0 Å². The summed E-state index contributed by atoms with van der Waals surface area (Å²) in [5.74, 6) is -0.524. The zero-order chi connectivity index (χ0) is 23.6. The number of carbonyl (C=O) groups excluding carboxylic acids is 2. The molecule has 3 aromatic carbocycles. The first-order valence-electron chi connectivity index (χ1n) is 11.8. The molecule has 168 valence electrons. The standard InChI is InChI=1S/C30H19NO2S2/c1-14-15(2)28(33)21(27(14)32)12-17-13-23-29(34-17)25-20-8-5-6-16-10-11-19-18-7-3-4-9-22(18)31(30(25)35-23)26(19)24(16)20/h3-15H,1-2H3. The summed E-state index contributed by atoms with van der Waals surface area (Å²) < 4.78 is 4.86. The quantitative estimate of drug-likeness (QED) is 0.173. The Morgan fingerprint density at radius 3 is 2.40 bits per heavy atom. The van der Waals surface area contributed by atoms with Crippen LogP contribution in [0.25, 0.3) is 63.7 Å². The fraction of sp³-hybridized carbons (Fsp3) is 0.133. The minimum absolute atomic E-state index is 0.0267. The highest BCUT2D eigenvalue weighted by Gasteiger charge is 2.40. The second-order valence-corrected chi connectivity index (χ2v) is 11.8. The van der Waals surface area contributed by atoms with Gasteiger partial charge < -0.3 is 0 Å². The Bertz CT molecular complexity index is 2060. The fourth-order valence-electron chi connectivity index (χ4n) is 5.96. The maximum Gasteiger partial charge on any atom is 0.170 e. The number of para-hydroxylation sites is 1. The summed E-state index contributed by atoms with van der Waals surface area (Å²) >= 11 is 3.48. The summed E-state index contributed by atoms with van der Waals surface area (Å²) in [6, 6.07) is 21.9. The number of Topliss-reactive ketones (excluding diaryl/α,β-unsaturated/α-hetero) is 2. The third kappa shape index (κ3) is 2.35. The monoisotopic (exact) mass is 489 g/mol. The van der Waals surface area contributed by atoms with Crippen LogP contribution in [0.1, 0.15) is 18.7 Å². The minimum atomic E-state index is -0.235. The lowest BCUT2D eigenvalue weighted by molar-refractivity contribution is -0.118. The van der Waals surface area contributed by atoms with Crippen LogP contribution in [0.2, 0.25) is 0 Å². The second kappa shape index (κ2) is 6.56. The fourth-order valence-corrected chi connectivity index (χ4v) is 8.59. The SMILES string of the molecule is CC1C(=O)C(=Cc2cc3sc4c(c5cccc6ccc7c8ccccc8n4c7c65)c3s2)C(=O)C1C. The van der Waals surface area contributed by atoms with E-state index in [4.69, 9.17) is 0 Å². The van der Waals surface area contributed by atoms with Crippen LogP contribution >= 0.6 is 22.7 Å². The molecule has 0 radical (unpaired) electrons. The zero-order valence-electron chi connectivity index (χ0n) is 19.1. The number of pyridine rings is 1. The molecule has 1 aliphatic rings. The average molecular weight is 490 g/mol. The van der Waals surface area contributed by atoms with Crippen molar-refractivity contribution in [3.63, 3.8) is 0 Å². The van der Waals surface area contributed by atoms with Crippen molar-refractivity contribution < 1.29 is 9.59 Å². The van der Waals surface area contributed by atoms with E-state index in [1.54, 1.807) is 22.7 Å². The summed E-state index contributed by atoms with van der Waals surface area (Å²) in [4.78, 5) is 27.6. The number of hydrogen-bond donors (Lipinski definition) is 0. The number of hydrogen-bond acceptors (Lipinski definition) is 4. The zero-order valence-corrected chi connectivity index (χ0v) is 20.7. The Morgan fingerprint density at radius 1 is 0.800 bits per heavy atom. The second-order valence-electron chi connectivity index (χ2n) is 9.71. The largest absolute Gasteiger partial charge is 0.299 e. The van der Waals surface area contributed by atoms with E-state index in [1.807, 2.05) is 19.9 Å². The van der Waals surface area contributed by atoms with Crippen molar-refractivity contribution in [2.24, 2.45) is 11.8 Å². The Morgan fingerprint density at radius 2 is 1.57 bits per heavy atom. The van der Waals surface area contributed by atoms with Crippen LogP contribution in [0.3, 0.4) is 0 Å². The Kier molecular flexibility index (Phi) is 3.70. The van der Waals surface area contributed by atoms with E-state index in [1.165, 1.54) is 57.6 Å². The Balaban J connectivity index is 1.51. The summed E-state index contributed by atoms with van der Waals surface area (Å²) in [7, 11) is 0. The first-order chi connectivity index (χ1) is 17.0. The van der Waals surface area contributed by atoms with Crippen molar-refractivity contribution in [1.82, 2.24) is 4.40 Å². The van der Waals surface area contributed by atoms with Gasteiger partial charge in [-0.3, -0.25) is 14.0 Å². The average Bonchev–Trinajstić information content (AvgIpc) is 3.57. The third-order valence-corrected chi connectivity index (χ3v) is 10.3. The van der Waals surface area contributed by atoms with Gasteiger partial charge in [0.1, 0.15) is 4.83 Å². The molecule has 0 amide bonds. The lowest BCUT2D eigenvalue weighted by atomic mass is 10.00. The van der Waals surface area contributed by atoms with Crippen LogP contribution in [-0.4, -0.2) is 16.0 Å². The molecule has 0 aliphatic heterocycles. The number of benzene rings is 3. The van der Waals surface area contributed by atoms with Crippen LogP contribution in [0.15, 0.2) is 66.2 Å². The van der Waals surface area contributed by atoms with Gasteiger partial charge >= 0.3 is 0 Å². The molecule has 0 N–H and O–H groups in total. The van der Waals surface area contributed by atoms with E-state index in [-0.39, 0.29) is 23.4 Å². The molecular weight excluding hydrogens is 470 g/mol. The molecule has 1 saturated carbocycles. The highest BCUT2D eigenvalue weighted by molar-refractivity contribution is 7.33. The summed E-state index contributed by atoms with van der Waals surface area (Å²) in [5, 5.41) is 7.63. The van der Waals surface area contributed by atoms with Gasteiger partial charge in [-0.25, -0.2) is 0 Å². The van der Waals surface area contributed by atoms with E-state index < -0.39 is 0 Å². The van der Waals surface area contributed by atoms with E-state index >= 15 is 0 Å². The number of carbonyl (C=O) groups is 2. The van der Waals surface area contributed by atoms with Crippen molar-refractivity contribution in [2.75, 3.05) is 0 Å². The van der Waals surface area contributed by atoms with Crippen molar-refractivity contribution >= 4 is 97.9 Å². The highest BCUT2D eigenvalue weighted by Crippen LogP contribution is 2.48. The topological polar surface area (TPSA) is 38.5 Å². The molecule has 7 aromatic rings. The van der Waals surface area contributed by atoms with Gasteiger partial charge in [-0.05, 0) is 29.0 Å². The molecule has 2 atom stereocenters. The van der Waals surface area contributed by atoms with E-state index in [0.717, 1.165) is 4.88 Å². The van der Waals surface area contributed by atoms with E-state index in [0.29, 0.717) is 5.57 Å². The normalized spacial score (nSPS) is 19.2. The van der Waals surface area contributed by atoms with Crippen LogP contribution < -0.4 is 0 Å². The molecule has 5 heteroatoms. The van der Waals surface area contributed by atoms with Gasteiger partial charge in [0.2, 0.25) is 0 Å². The first-order valence-corrected chi connectivity index (χ1v) is 13.5. The Labute approximate surface area is 208 Å². The van der Waals surface area contributed by atoms with Crippen molar-refractivity contribution in [3.8, 4) is 0 Å².